The average molecular weight is 451 g/mol. The molecule has 2 saturated heterocycles. The fourth-order valence-corrected chi connectivity index (χ4v) is 4.65. The standard InChI is InChI=1S/C26H38N6O/c1-20(2)26-27-22(4)17-24(28-26)31-12-8-30(9-13-31)19-25(33)32-14-10-29(11-15-32)18-23-7-5-6-21(3)16-23/h5-7,16-17,20H,8-15,18-19H2,1-4H3. The van der Waals surface area contributed by atoms with Gasteiger partial charge in [0.2, 0.25) is 5.91 Å². The third-order valence-corrected chi connectivity index (χ3v) is 6.64. The molecular formula is C26H38N6O. The number of piperazine rings is 2. The molecule has 7 heteroatoms. The van der Waals surface area contributed by atoms with Gasteiger partial charge in [-0.3, -0.25) is 14.6 Å². The molecule has 7 nitrogen and oxygen atoms in total. The monoisotopic (exact) mass is 450 g/mol. The highest BCUT2D eigenvalue weighted by Gasteiger charge is 2.25. The minimum Gasteiger partial charge on any atom is -0.354 e. The van der Waals surface area contributed by atoms with Crippen molar-refractivity contribution in [1.29, 1.82) is 0 Å². The fourth-order valence-electron chi connectivity index (χ4n) is 4.65. The van der Waals surface area contributed by atoms with E-state index in [0.717, 1.165) is 76.2 Å². The Labute approximate surface area is 198 Å². The summed E-state index contributed by atoms with van der Waals surface area (Å²) in [4.78, 5) is 31.4. The van der Waals surface area contributed by atoms with Crippen LogP contribution in [0.25, 0.3) is 0 Å². The van der Waals surface area contributed by atoms with Crippen molar-refractivity contribution in [2.75, 3.05) is 63.8 Å². The summed E-state index contributed by atoms with van der Waals surface area (Å²) in [7, 11) is 0. The molecule has 0 unspecified atom stereocenters. The van der Waals surface area contributed by atoms with Crippen molar-refractivity contribution in [2.45, 2.75) is 40.2 Å². The number of benzene rings is 1. The van der Waals surface area contributed by atoms with Crippen molar-refractivity contribution in [2.24, 2.45) is 0 Å². The molecule has 1 amide bonds. The van der Waals surface area contributed by atoms with E-state index < -0.39 is 0 Å². The maximum atomic E-state index is 12.9. The quantitative estimate of drug-likeness (QED) is 0.675. The van der Waals surface area contributed by atoms with Gasteiger partial charge >= 0.3 is 0 Å². The molecule has 2 aliphatic rings. The van der Waals surface area contributed by atoms with Crippen LogP contribution in [0.15, 0.2) is 30.3 Å². The summed E-state index contributed by atoms with van der Waals surface area (Å²) >= 11 is 0. The molecule has 1 aromatic carbocycles. The van der Waals surface area contributed by atoms with Crippen LogP contribution in [0.1, 0.15) is 42.4 Å². The minimum atomic E-state index is 0.263. The molecule has 3 heterocycles. The van der Waals surface area contributed by atoms with Crippen molar-refractivity contribution < 1.29 is 4.79 Å². The molecule has 1 aromatic heterocycles. The lowest BCUT2D eigenvalue weighted by Crippen LogP contribution is -2.53. The Hall–Kier alpha value is -2.51. The van der Waals surface area contributed by atoms with Crippen molar-refractivity contribution in [3.63, 3.8) is 0 Å². The molecular weight excluding hydrogens is 412 g/mol. The highest BCUT2D eigenvalue weighted by Crippen LogP contribution is 2.19. The smallest absolute Gasteiger partial charge is 0.236 e. The molecule has 0 saturated carbocycles. The molecule has 0 radical (unpaired) electrons. The Morgan fingerprint density at radius 2 is 1.61 bits per heavy atom. The number of amides is 1. The first-order valence-electron chi connectivity index (χ1n) is 12.3. The molecule has 178 valence electrons. The summed E-state index contributed by atoms with van der Waals surface area (Å²) < 4.78 is 0. The molecule has 2 aliphatic heterocycles. The number of aryl methyl sites for hydroxylation is 2. The number of rotatable bonds is 6. The Balaban J connectivity index is 1.22. The first kappa shape index (κ1) is 23.6. The van der Waals surface area contributed by atoms with Crippen LogP contribution < -0.4 is 4.90 Å². The van der Waals surface area contributed by atoms with Gasteiger partial charge in [0.15, 0.2) is 0 Å². The summed E-state index contributed by atoms with van der Waals surface area (Å²) in [6.07, 6.45) is 0. The van der Waals surface area contributed by atoms with Gasteiger partial charge in [-0.1, -0.05) is 43.7 Å². The van der Waals surface area contributed by atoms with Crippen LogP contribution >= 0.6 is 0 Å². The predicted molar refractivity (Wildman–Crippen MR) is 133 cm³/mol. The second-order valence-corrected chi connectivity index (χ2v) is 9.79. The van der Waals surface area contributed by atoms with Crippen LogP contribution in [0.3, 0.4) is 0 Å². The number of hydrogen-bond donors (Lipinski definition) is 0. The van der Waals surface area contributed by atoms with E-state index in [1.54, 1.807) is 0 Å². The number of carbonyl (C=O) groups excluding carboxylic acids is 1. The number of anilines is 1. The summed E-state index contributed by atoms with van der Waals surface area (Å²) in [6, 6.07) is 10.8. The van der Waals surface area contributed by atoms with Crippen molar-refractivity contribution in [3.05, 3.63) is 53.0 Å². The van der Waals surface area contributed by atoms with Crippen LogP contribution in [0.5, 0.6) is 0 Å². The van der Waals surface area contributed by atoms with Crippen LogP contribution in [0.4, 0.5) is 5.82 Å². The van der Waals surface area contributed by atoms with E-state index in [1.165, 1.54) is 11.1 Å². The Bertz CT molecular complexity index is 946. The summed E-state index contributed by atoms with van der Waals surface area (Å²) in [5, 5.41) is 0. The fraction of sp³-hybridized carbons (Fsp3) is 0.577. The topological polar surface area (TPSA) is 55.8 Å². The van der Waals surface area contributed by atoms with E-state index in [2.05, 4.69) is 70.8 Å². The molecule has 0 N–H and O–H groups in total. The zero-order chi connectivity index (χ0) is 23.4. The summed E-state index contributed by atoms with van der Waals surface area (Å²) in [6.45, 7) is 17.0. The van der Waals surface area contributed by atoms with E-state index in [0.29, 0.717) is 12.5 Å². The Morgan fingerprint density at radius 1 is 0.909 bits per heavy atom. The lowest BCUT2D eigenvalue weighted by Gasteiger charge is -2.38. The highest BCUT2D eigenvalue weighted by atomic mass is 16.2. The SMILES string of the molecule is Cc1cccc(CN2CCN(C(=O)CN3CCN(c4cc(C)nc(C(C)C)n4)CC3)CC2)c1. The molecule has 0 aliphatic carbocycles. The van der Waals surface area contributed by atoms with E-state index >= 15 is 0 Å². The van der Waals surface area contributed by atoms with Gasteiger partial charge in [-0.05, 0) is 19.4 Å². The Kier molecular flexibility index (Phi) is 7.60. The second-order valence-electron chi connectivity index (χ2n) is 9.79. The van der Waals surface area contributed by atoms with Crippen molar-refractivity contribution >= 4 is 11.7 Å². The minimum absolute atomic E-state index is 0.263. The number of nitrogens with zero attached hydrogens (tertiary/aromatic N) is 6. The van der Waals surface area contributed by atoms with Gasteiger partial charge in [0.25, 0.3) is 0 Å². The van der Waals surface area contributed by atoms with Crippen LogP contribution in [0, 0.1) is 13.8 Å². The lowest BCUT2D eigenvalue weighted by molar-refractivity contribution is -0.134. The number of carbonyl (C=O) groups is 1. The predicted octanol–water partition coefficient (Wildman–Crippen LogP) is 2.68. The van der Waals surface area contributed by atoms with Gasteiger partial charge in [0.05, 0.1) is 6.54 Å². The third kappa shape index (κ3) is 6.30. The summed E-state index contributed by atoms with van der Waals surface area (Å²) in [5.41, 5.74) is 3.67. The molecule has 0 spiro atoms. The van der Waals surface area contributed by atoms with E-state index in [9.17, 15) is 4.79 Å². The van der Waals surface area contributed by atoms with E-state index in [1.807, 2.05) is 11.8 Å². The lowest BCUT2D eigenvalue weighted by atomic mass is 10.1. The zero-order valence-electron chi connectivity index (χ0n) is 20.6. The first-order valence-corrected chi connectivity index (χ1v) is 12.3. The molecule has 33 heavy (non-hydrogen) atoms. The molecule has 2 aromatic rings. The largest absolute Gasteiger partial charge is 0.354 e. The van der Waals surface area contributed by atoms with Gasteiger partial charge in [0, 0.05) is 76.6 Å². The van der Waals surface area contributed by atoms with Gasteiger partial charge in [-0.25, -0.2) is 9.97 Å². The highest BCUT2D eigenvalue weighted by molar-refractivity contribution is 5.78. The van der Waals surface area contributed by atoms with Gasteiger partial charge in [0.1, 0.15) is 11.6 Å². The van der Waals surface area contributed by atoms with Crippen molar-refractivity contribution in [1.82, 2.24) is 24.7 Å². The second kappa shape index (κ2) is 10.6. The van der Waals surface area contributed by atoms with E-state index in [4.69, 9.17) is 4.98 Å². The normalized spacial score (nSPS) is 18.2. The average Bonchev–Trinajstić information content (AvgIpc) is 2.79. The van der Waals surface area contributed by atoms with Gasteiger partial charge in [-0.15, -0.1) is 0 Å². The van der Waals surface area contributed by atoms with Crippen molar-refractivity contribution in [3.8, 4) is 0 Å². The number of aromatic nitrogens is 2. The first-order chi connectivity index (χ1) is 15.9. The van der Waals surface area contributed by atoms with Crippen LogP contribution in [-0.2, 0) is 11.3 Å². The van der Waals surface area contributed by atoms with Gasteiger partial charge in [-0.2, -0.15) is 0 Å². The number of hydrogen-bond acceptors (Lipinski definition) is 6. The zero-order valence-corrected chi connectivity index (χ0v) is 20.6. The van der Waals surface area contributed by atoms with Gasteiger partial charge < -0.3 is 9.80 Å². The maximum absolute atomic E-state index is 12.9. The van der Waals surface area contributed by atoms with Crippen LogP contribution in [0.2, 0.25) is 0 Å². The molecule has 4 rings (SSSR count). The Morgan fingerprint density at radius 3 is 2.27 bits per heavy atom. The summed E-state index contributed by atoms with van der Waals surface area (Å²) in [5.74, 6) is 2.50. The molecule has 0 bridgehead atoms. The van der Waals surface area contributed by atoms with Crippen LogP contribution in [-0.4, -0.2) is 89.5 Å². The third-order valence-electron chi connectivity index (χ3n) is 6.64. The van der Waals surface area contributed by atoms with E-state index in [-0.39, 0.29) is 5.91 Å². The molecule has 0 atom stereocenters. The molecule has 2 fully saturated rings. The maximum Gasteiger partial charge on any atom is 0.236 e.